The third-order valence-electron chi connectivity index (χ3n) is 3.85. The Morgan fingerprint density at radius 3 is 2.46 bits per heavy atom. The minimum absolute atomic E-state index is 0.0398. The van der Waals surface area contributed by atoms with Gasteiger partial charge in [0.1, 0.15) is 11.4 Å². The maximum Gasteiger partial charge on any atom is 0.274 e. The van der Waals surface area contributed by atoms with Gasteiger partial charge in [-0.05, 0) is 43.2 Å². The highest BCUT2D eigenvalue weighted by molar-refractivity contribution is 6.35. The molecule has 136 valence electrons. The van der Waals surface area contributed by atoms with Crippen LogP contribution in [0.5, 0.6) is 0 Å². The number of pyridine rings is 1. The Hall–Kier alpha value is -2.15. The second kappa shape index (κ2) is 8.49. The molecule has 0 saturated carbocycles. The van der Waals surface area contributed by atoms with Crippen LogP contribution >= 0.6 is 23.2 Å². The molecule has 1 aromatic heterocycles. The molecule has 2 heterocycles. The molecule has 0 bridgehead atoms. The highest BCUT2D eigenvalue weighted by Gasteiger charge is 2.18. The van der Waals surface area contributed by atoms with Crippen LogP contribution in [0.25, 0.3) is 0 Å². The van der Waals surface area contributed by atoms with Crippen molar-refractivity contribution in [3.05, 3.63) is 57.8 Å². The third-order valence-corrected chi connectivity index (χ3v) is 4.29. The summed E-state index contributed by atoms with van der Waals surface area (Å²) in [5.74, 6) is -0.807. The molecule has 0 aliphatic carbocycles. The molecular formula is C18H17Cl2N3O3. The number of hydrogen-bond donors (Lipinski definition) is 2. The molecule has 8 heteroatoms. The Morgan fingerprint density at radius 1 is 1.12 bits per heavy atom. The van der Waals surface area contributed by atoms with E-state index in [1.807, 2.05) is 0 Å². The van der Waals surface area contributed by atoms with Crippen LogP contribution in [0.4, 0.5) is 5.69 Å². The first kappa shape index (κ1) is 18.6. The largest absolute Gasteiger partial charge is 0.376 e. The molecular weight excluding hydrogens is 377 g/mol. The predicted molar refractivity (Wildman–Crippen MR) is 100.0 cm³/mol. The van der Waals surface area contributed by atoms with Gasteiger partial charge in [0.2, 0.25) is 0 Å². The number of anilines is 1. The number of benzene rings is 1. The summed E-state index contributed by atoms with van der Waals surface area (Å²) in [6, 6.07) is 9.40. The van der Waals surface area contributed by atoms with Gasteiger partial charge in [-0.25, -0.2) is 4.98 Å². The SMILES string of the molecule is O=C(NCC1CCCO1)c1cccc(C(=O)Nc2cc(Cl)cc(Cl)c2)n1. The van der Waals surface area contributed by atoms with Crippen molar-refractivity contribution < 1.29 is 14.3 Å². The molecule has 0 spiro atoms. The Balaban J connectivity index is 1.65. The summed E-state index contributed by atoms with van der Waals surface area (Å²) >= 11 is 11.8. The lowest BCUT2D eigenvalue weighted by Crippen LogP contribution is -2.32. The molecule has 26 heavy (non-hydrogen) atoms. The van der Waals surface area contributed by atoms with Gasteiger partial charge in [-0.2, -0.15) is 0 Å². The molecule has 1 saturated heterocycles. The van der Waals surface area contributed by atoms with E-state index in [-0.39, 0.29) is 23.4 Å². The molecule has 1 fully saturated rings. The van der Waals surface area contributed by atoms with E-state index < -0.39 is 5.91 Å². The van der Waals surface area contributed by atoms with Crippen molar-refractivity contribution in [1.82, 2.24) is 10.3 Å². The molecule has 1 aliphatic heterocycles. The number of rotatable bonds is 5. The first-order chi connectivity index (χ1) is 12.5. The normalized spacial score (nSPS) is 16.3. The highest BCUT2D eigenvalue weighted by Crippen LogP contribution is 2.22. The second-order valence-electron chi connectivity index (χ2n) is 5.87. The number of nitrogens with zero attached hydrogens (tertiary/aromatic N) is 1. The molecule has 6 nitrogen and oxygen atoms in total. The van der Waals surface area contributed by atoms with E-state index in [4.69, 9.17) is 27.9 Å². The van der Waals surface area contributed by atoms with Crippen LogP contribution in [0.2, 0.25) is 10.0 Å². The summed E-state index contributed by atoms with van der Waals surface area (Å²) in [4.78, 5) is 28.7. The highest BCUT2D eigenvalue weighted by atomic mass is 35.5. The number of halogens is 2. The second-order valence-corrected chi connectivity index (χ2v) is 6.74. The molecule has 1 aromatic carbocycles. The molecule has 3 rings (SSSR count). The van der Waals surface area contributed by atoms with Gasteiger partial charge < -0.3 is 15.4 Å². The van der Waals surface area contributed by atoms with Crippen LogP contribution in [0.3, 0.4) is 0 Å². The summed E-state index contributed by atoms with van der Waals surface area (Å²) in [7, 11) is 0. The van der Waals surface area contributed by atoms with E-state index in [0.717, 1.165) is 19.4 Å². The fraction of sp³-hybridized carbons (Fsp3) is 0.278. The van der Waals surface area contributed by atoms with Gasteiger partial charge in [-0.1, -0.05) is 29.3 Å². The summed E-state index contributed by atoms with van der Waals surface area (Å²) < 4.78 is 5.47. The summed E-state index contributed by atoms with van der Waals surface area (Å²) in [5, 5.41) is 6.25. The van der Waals surface area contributed by atoms with Gasteiger partial charge in [-0.3, -0.25) is 9.59 Å². The van der Waals surface area contributed by atoms with Crippen molar-refractivity contribution in [3.8, 4) is 0 Å². The zero-order chi connectivity index (χ0) is 18.5. The molecule has 0 radical (unpaired) electrons. The van der Waals surface area contributed by atoms with Crippen LogP contribution in [0.15, 0.2) is 36.4 Å². The number of amides is 2. The van der Waals surface area contributed by atoms with Gasteiger partial charge in [0.15, 0.2) is 0 Å². The van der Waals surface area contributed by atoms with E-state index in [0.29, 0.717) is 22.3 Å². The molecule has 1 aliphatic rings. The number of nitrogens with one attached hydrogen (secondary N) is 2. The lowest BCUT2D eigenvalue weighted by atomic mass is 10.2. The number of carbonyl (C=O) groups is 2. The van der Waals surface area contributed by atoms with E-state index in [1.165, 1.54) is 6.07 Å². The minimum atomic E-state index is -0.461. The first-order valence-electron chi connectivity index (χ1n) is 8.15. The fourth-order valence-corrected chi connectivity index (χ4v) is 3.14. The van der Waals surface area contributed by atoms with E-state index in [1.54, 1.807) is 30.3 Å². The van der Waals surface area contributed by atoms with Crippen molar-refractivity contribution in [2.24, 2.45) is 0 Å². The van der Waals surface area contributed by atoms with Gasteiger partial charge in [0, 0.05) is 28.9 Å². The average Bonchev–Trinajstić information content (AvgIpc) is 3.12. The summed E-state index contributed by atoms with van der Waals surface area (Å²) in [6.07, 6.45) is 1.97. The zero-order valence-corrected chi connectivity index (χ0v) is 15.3. The smallest absolute Gasteiger partial charge is 0.274 e. The topological polar surface area (TPSA) is 80.3 Å². The predicted octanol–water partition coefficient (Wildman–Crippen LogP) is 3.55. The van der Waals surface area contributed by atoms with Crippen molar-refractivity contribution in [2.75, 3.05) is 18.5 Å². The summed E-state index contributed by atoms with van der Waals surface area (Å²) in [5.41, 5.74) is 0.730. The number of carbonyl (C=O) groups excluding carboxylic acids is 2. The van der Waals surface area contributed by atoms with E-state index in [2.05, 4.69) is 15.6 Å². The average molecular weight is 394 g/mol. The van der Waals surface area contributed by atoms with Crippen LogP contribution in [0, 0.1) is 0 Å². The Labute approximate surface area is 160 Å². The third kappa shape index (κ3) is 4.94. The van der Waals surface area contributed by atoms with Gasteiger partial charge in [0.25, 0.3) is 11.8 Å². The lowest BCUT2D eigenvalue weighted by Gasteiger charge is -2.11. The molecule has 2 aromatic rings. The molecule has 1 atom stereocenters. The van der Waals surface area contributed by atoms with Crippen LogP contribution in [-0.2, 0) is 4.74 Å². The Morgan fingerprint density at radius 2 is 1.81 bits per heavy atom. The quantitative estimate of drug-likeness (QED) is 0.813. The molecule has 2 amide bonds. The molecule has 1 unspecified atom stereocenters. The van der Waals surface area contributed by atoms with E-state index in [9.17, 15) is 9.59 Å². The first-order valence-corrected chi connectivity index (χ1v) is 8.91. The monoisotopic (exact) mass is 393 g/mol. The van der Waals surface area contributed by atoms with Gasteiger partial charge >= 0.3 is 0 Å². The maximum atomic E-state index is 12.4. The maximum absolute atomic E-state index is 12.4. The Kier molecular flexibility index (Phi) is 6.08. The molecule has 2 N–H and O–H groups in total. The summed E-state index contributed by atoms with van der Waals surface area (Å²) in [6.45, 7) is 1.15. The lowest BCUT2D eigenvalue weighted by molar-refractivity contribution is 0.0853. The van der Waals surface area contributed by atoms with Crippen LogP contribution in [0.1, 0.15) is 33.8 Å². The van der Waals surface area contributed by atoms with Crippen molar-refractivity contribution in [2.45, 2.75) is 18.9 Å². The van der Waals surface area contributed by atoms with Crippen LogP contribution in [-0.4, -0.2) is 36.1 Å². The van der Waals surface area contributed by atoms with Gasteiger partial charge in [-0.15, -0.1) is 0 Å². The zero-order valence-electron chi connectivity index (χ0n) is 13.8. The number of ether oxygens (including phenoxy) is 1. The fourth-order valence-electron chi connectivity index (χ4n) is 2.61. The minimum Gasteiger partial charge on any atom is -0.376 e. The van der Waals surface area contributed by atoms with Crippen LogP contribution < -0.4 is 10.6 Å². The van der Waals surface area contributed by atoms with Gasteiger partial charge in [0.05, 0.1) is 6.10 Å². The van der Waals surface area contributed by atoms with E-state index >= 15 is 0 Å². The number of hydrogen-bond acceptors (Lipinski definition) is 4. The Bertz CT molecular complexity index is 803. The standard InChI is InChI=1S/C18H17Cl2N3O3/c19-11-7-12(20)9-13(8-11)22-18(25)16-5-1-4-15(23-16)17(24)21-10-14-3-2-6-26-14/h1,4-5,7-9,14H,2-3,6,10H2,(H,21,24)(H,22,25). The van der Waals surface area contributed by atoms with Crippen molar-refractivity contribution >= 4 is 40.7 Å². The van der Waals surface area contributed by atoms with Crippen molar-refractivity contribution in [3.63, 3.8) is 0 Å². The number of aromatic nitrogens is 1. The van der Waals surface area contributed by atoms with Crippen molar-refractivity contribution in [1.29, 1.82) is 0 Å².